The number of hydrogen-bond donors (Lipinski definition) is 1. The Bertz CT molecular complexity index is 930. The Morgan fingerprint density at radius 3 is 2.24 bits per heavy atom. The molecule has 29 heavy (non-hydrogen) atoms. The minimum Gasteiger partial charge on any atom is -0.493 e. The second-order valence-corrected chi connectivity index (χ2v) is 8.50. The number of amides is 1. The molecule has 0 fully saturated rings. The average molecular weight is 421 g/mol. The number of carbonyl (C=O) groups is 1. The summed E-state index contributed by atoms with van der Waals surface area (Å²) in [4.78, 5) is 12.9. The van der Waals surface area contributed by atoms with Gasteiger partial charge in [0.15, 0.2) is 11.5 Å². The number of rotatable bonds is 10. The fourth-order valence-electron chi connectivity index (χ4n) is 2.86. The molecule has 0 unspecified atom stereocenters. The van der Waals surface area contributed by atoms with E-state index in [1.807, 2.05) is 37.3 Å². The molecule has 2 aromatic rings. The highest BCUT2D eigenvalue weighted by Crippen LogP contribution is 2.36. The van der Waals surface area contributed by atoms with Crippen LogP contribution in [0.2, 0.25) is 0 Å². The van der Waals surface area contributed by atoms with E-state index in [2.05, 4.69) is 5.32 Å². The first-order chi connectivity index (χ1) is 13.8. The fourth-order valence-corrected chi connectivity index (χ4v) is 3.75. The summed E-state index contributed by atoms with van der Waals surface area (Å²) < 4.78 is 37.2. The molecule has 0 saturated carbocycles. The molecule has 7 nitrogen and oxygen atoms in total. The van der Waals surface area contributed by atoms with Gasteiger partial charge in [-0.2, -0.15) is 0 Å². The van der Waals surface area contributed by atoms with Crippen LogP contribution < -0.4 is 19.1 Å². The van der Waals surface area contributed by atoms with Gasteiger partial charge in [0.05, 0.1) is 38.3 Å². The fraction of sp³-hybridized carbons (Fsp3) is 0.381. The number of sulfonamides is 1. The maximum atomic E-state index is 12.9. The number of hydrogen-bond acceptors (Lipinski definition) is 5. The van der Waals surface area contributed by atoms with Gasteiger partial charge in [-0.25, -0.2) is 8.42 Å². The quantitative estimate of drug-likeness (QED) is 0.597. The van der Waals surface area contributed by atoms with Gasteiger partial charge in [-0.05, 0) is 18.1 Å². The minimum absolute atomic E-state index is 0.0877. The Balaban J connectivity index is 2.59. The number of benzene rings is 2. The predicted molar refractivity (Wildman–Crippen MR) is 114 cm³/mol. The summed E-state index contributed by atoms with van der Waals surface area (Å²) in [5.74, 6) is 0.329. The van der Waals surface area contributed by atoms with Crippen LogP contribution in [0.4, 0.5) is 5.69 Å². The molecule has 0 aliphatic carbocycles. The first-order valence-corrected chi connectivity index (χ1v) is 11.2. The molecule has 0 aliphatic rings. The number of nitrogens with one attached hydrogen (secondary N) is 1. The lowest BCUT2D eigenvalue weighted by Crippen LogP contribution is -2.33. The Labute approximate surface area is 172 Å². The van der Waals surface area contributed by atoms with Crippen molar-refractivity contribution in [2.45, 2.75) is 26.3 Å². The summed E-state index contributed by atoms with van der Waals surface area (Å²) in [6.07, 6.45) is 2.88. The first kappa shape index (κ1) is 22.5. The van der Waals surface area contributed by atoms with Gasteiger partial charge in [-0.3, -0.25) is 9.10 Å². The van der Waals surface area contributed by atoms with Crippen molar-refractivity contribution in [3.05, 3.63) is 53.6 Å². The van der Waals surface area contributed by atoms with E-state index >= 15 is 0 Å². The highest BCUT2D eigenvalue weighted by Gasteiger charge is 2.26. The van der Waals surface area contributed by atoms with Crippen molar-refractivity contribution < 1.29 is 22.7 Å². The van der Waals surface area contributed by atoms with Gasteiger partial charge in [0.2, 0.25) is 10.0 Å². The highest BCUT2D eigenvalue weighted by molar-refractivity contribution is 7.92. The molecule has 2 rings (SSSR count). The van der Waals surface area contributed by atoms with Gasteiger partial charge in [0.1, 0.15) is 0 Å². The summed E-state index contributed by atoms with van der Waals surface area (Å²) >= 11 is 0. The molecule has 1 amide bonds. The number of methoxy groups -OCH3 is 2. The van der Waals surface area contributed by atoms with E-state index in [0.29, 0.717) is 18.0 Å². The van der Waals surface area contributed by atoms with Crippen molar-refractivity contribution in [2.24, 2.45) is 0 Å². The third-order valence-electron chi connectivity index (χ3n) is 4.40. The molecular formula is C21H28N2O5S. The van der Waals surface area contributed by atoms with Crippen LogP contribution in [0.5, 0.6) is 11.5 Å². The standard InChI is InChI=1S/C21H28N2O5S/c1-5-6-12-22-21(24)17-13-19(27-2)20(28-3)14-18(17)23(29(4,25)26)15-16-10-8-7-9-11-16/h7-11,13-14H,5-6,12,15H2,1-4H3,(H,22,24). The smallest absolute Gasteiger partial charge is 0.253 e. The zero-order valence-electron chi connectivity index (χ0n) is 17.3. The lowest BCUT2D eigenvalue weighted by Gasteiger charge is -2.26. The van der Waals surface area contributed by atoms with Gasteiger partial charge in [0, 0.05) is 12.6 Å². The number of ether oxygens (including phenoxy) is 2. The molecule has 0 heterocycles. The molecule has 0 spiro atoms. The third-order valence-corrected chi connectivity index (χ3v) is 5.53. The monoisotopic (exact) mass is 420 g/mol. The van der Waals surface area contributed by atoms with Crippen LogP contribution in [0.15, 0.2) is 42.5 Å². The molecule has 0 aromatic heterocycles. The Morgan fingerprint density at radius 1 is 1.07 bits per heavy atom. The zero-order valence-corrected chi connectivity index (χ0v) is 18.1. The van der Waals surface area contributed by atoms with E-state index in [1.54, 1.807) is 0 Å². The maximum absolute atomic E-state index is 12.9. The Kier molecular flexibility index (Phi) is 7.90. The van der Waals surface area contributed by atoms with Crippen LogP contribution in [-0.2, 0) is 16.6 Å². The van der Waals surface area contributed by atoms with Crippen LogP contribution in [0.1, 0.15) is 35.7 Å². The van der Waals surface area contributed by atoms with Gasteiger partial charge in [-0.15, -0.1) is 0 Å². The molecule has 0 atom stereocenters. The van der Waals surface area contributed by atoms with Crippen LogP contribution in [0, 0.1) is 0 Å². The Morgan fingerprint density at radius 2 is 1.69 bits per heavy atom. The number of nitrogens with zero attached hydrogens (tertiary/aromatic N) is 1. The maximum Gasteiger partial charge on any atom is 0.253 e. The SMILES string of the molecule is CCCCNC(=O)c1cc(OC)c(OC)cc1N(Cc1ccccc1)S(C)(=O)=O. The van der Waals surface area contributed by atoms with Gasteiger partial charge < -0.3 is 14.8 Å². The molecule has 0 bridgehead atoms. The molecule has 8 heteroatoms. The van der Waals surface area contributed by atoms with Crippen molar-refractivity contribution in [3.63, 3.8) is 0 Å². The van der Waals surface area contributed by atoms with E-state index in [0.717, 1.165) is 24.7 Å². The Hall–Kier alpha value is -2.74. The summed E-state index contributed by atoms with van der Waals surface area (Å²) in [7, 11) is -0.755. The third kappa shape index (κ3) is 5.87. The van der Waals surface area contributed by atoms with Gasteiger partial charge in [-0.1, -0.05) is 43.7 Å². The number of carbonyl (C=O) groups excluding carboxylic acids is 1. The van der Waals surface area contributed by atoms with Crippen molar-refractivity contribution in [1.82, 2.24) is 5.32 Å². The average Bonchev–Trinajstić information content (AvgIpc) is 2.71. The van der Waals surface area contributed by atoms with Crippen molar-refractivity contribution in [2.75, 3.05) is 31.3 Å². The van der Waals surface area contributed by atoms with E-state index in [4.69, 9.17) is 9.47 Å². The molecular weight excluding hydrogens is 392 g/mol. The van der Waals surface area contributed by atoms with Crippen LogP contribution in [0.3, 0.4) is 0 Å². The molecule has 2 aromatic carbocycles. The van der Waals surface area contributed by atoms with Gasteiger partial charge in [0.25, 0.3) is 5.91 Å². The van der Waals surface area contributed by atoms with Crippen LogP contribution in [0.25, 0.3) is 0 Å². The summed E-state index contributed by atoms with van der Waals surface area (Å²) in [6.45, 7) is 2.62. The van der Waals surface area contributed by atoms with Crippen LogP contribution in [-0.4, -0.2) is 41.3 Å². The topological polar surface area (TPSA) is 84.9 Å². The number of anilines is 1. The first-order valence-electron chi connectivity index (χ1n) is 9.37. The van der Waals surface area contributed by atoms with Gasteiger partial charge >= 0.3 is 0 Å². The second kappa shape index (κ2) is 10.2. The van der Waals surface area contributed by atoms with Crippen molar-refractivity contribution >= 4 is 21.6 Å². The highest BCUT2D eigenvalue weighted by atomic mass is 32.2. The normalized spacial score (nSPS) is 11.0. The lowest BCUT2D eigenvalue weighted by molar-refractivity contribution is 0.0953. The van der Waals surface area contributed by atoms with E-state index in [9.17, 15) is 13.2 Å². The predicted octanol–water partition coefficient (Wildman–Crippen LogP) is 3.20. The number of unbranched alkanes of at least 4 members (excludes halogenated alkanes) is 1. The van der Waals surface area contributed by atoms with Crippen LogP contribution >= 0.6 is 0 Å². The summed E-state index contributed by atoms with van der Waals surface area (Å²) in [6, 6.07) is 12.2. The molecule has 0 radical (unpaired) electrons. The minimum atomic E-state index is -3.68. The second-order valence-electron chi connectivity index (χ2n) is 6.59. The van der Waals surface area contributed by atoms with Crippen molar-refractivity contribution in [3.8, 4) is 11.5 Å². The van der Waals surface area contributed by atoms with E-state index in [1.165, 1.54) is 30.7 Å². The van der Waals surface area contributed by atoms with E-state index < -0.39 is 10.0 Å². The molecule has 0 saturated heterocycles. The van der Waals surface area contributed by atoms with E-state index in [-0.39, 0.29) is 23.7 Å². The molecule has 0 aliphatic heterocycles. The largest absolute Gasteiger partial charge is 0.493 e. The zero-order chi connectivity index (χ0) is 21.4. The lowest BCUT2D eigenvalue weighted by atomic mass is 10.1. The summed E-state index contributed by atoms with van der Waals surface area (Å²) in [5.41, 5.74) is 1.24. The molecule has 158 valence electrons. The van der Waals surface area contributed by atoms with Crippen molar-refractivity contribution in [1.29, 1.82) is 0 Å². The molecule has 1 N–H and O–H groups in total. The summed E-state index contributed by atoms with van der Waals surface area (Å²) in [5, 5.41) is 2.84.